The third-order valence-corrected chi connectivity index (χ3v) is 3.05. The van der Waals surface area contributed by atoms with Crippen LogP contribution in [0, 0.1) is 5.82 Å². The zero-order valence-electron chi connectivity index (χ0n) is 14.2. The van der Waals surface area contributed by atoms with Crippen LogP contribution >= 0.6 is 24.0 Å². The minimum Gasteiger partial charge on any atom is -0.489 e. The second-order valence-electron chi connectivity index (χ2n) is 5.28. The molecular weight excluding hydrogens is 481 g/mol. The molecule has 0 aromatic heterocycles. The van der Waals surface area contributed by atoms with E-state index < -0.39 is 12.1 Å². The predicted molar refractivity (Wildman–Crippen MR) is 105 cm³/mol. The Labute approximate surface area is 170 Å². The molecule has 1 atom stereocenters. The highest BCUT2D eigenvalue weighted by molar-refractivity contribution is 14.0. The number of ether oxygens (including phenoxy) is 2. The monoisotopic (exact) mass is 499 g/mol. The number of anilines is 1. The SMILES string of the molecule is CC(CN=C(N)Nc1ccccc1OC(F)(F)F)Oc1ccc(F)cc1.I. The Morgan fingerprint density at radius 3 is 2.41 bits per heavy atom. The van der Waals surface area contributed by atoms with Crippen molar-refractivity contribution < 1.29 is 27.0 Å². The summed E-state index contributed by atoms with van der Waals surface area (Å²) in [6, 6.07) is 10.9. The van der Waals surface area contributed by atoms with Crippen molar-refractivity contribution in [2.45, 2.75) is 19.4 Å². The second-order valence-corrected chi connectivity index (χ2v) is 5.28. The number of nitrogens with two attached hydrogens (primary N) is 1. The van der Waals surface area contributed by atoms with Gasteiger partial charge in [-0.05, 0) is 43.3 Å². The highest BCUT2D eigenvalue weighted by atomic mass is 127. The van der Waals surface area contributed by atoms with Crippen LogP contribution in [-0.4, -0.2) is 25.0 Å². The zero-order chi connectivity index (χ0) is 19.2. The number of benzene rings is 2. The van der Waals surface area contributed by atoms with Crippen molar-refractivity contribution in [1.82, 2.24) is 0 Å². The zero-order valence-corrected chi connectivity index (χ0v) is 16.5. The molecule has 0 aliphatic carbocycles. The van der Waals surface area contributed by atoms with Gasteiger partial charge in [0, 0.05) is 0 Å². The van der Waals surface area contributed by atoms with Crippen LogP contribution in [0.3, 0.4) is 0 Å². The van der Waals surface area contributed by atoms with Gasteiger partial charge >= 0.3 is 6.36 Å². The van der Waals surface area contributed by atoms with Crippen molar-refractivity contribution in [3.8, 4) is 11.5 Å². The maximum atomic E-state index is 12.8. The summed E-state index contributed by atoms with van der Waals surface area (Å²) < 4.78 is 59.5. The molecule has 2 aromatic carbocycles. The number of nitrogens with zero attached hydrogens (tertiary/aromatic N) is 1. The molecule has 2 aromatic rings. The fourth-order valence-electron chi connectivity index (χ4n) is 1.97. The normalized spacial score (nSPS) is 12.7. The molecule has 0 bridgehead atoms. The molecule has 0 spiro atoms. The fraction of sp³-hybridized carbons (Fsp3) is 0.235. The average molecular weight is 499 g/mol. The van der Waals surface area contributed by atoms with Crippen molar-refractivity contribution in [3.05, 3.63) is 54.3 Å². The molecule has 1 unspecified atom stereocenters. The first-order valence-corrected chi connectivity index (χ1v) is 7.57. The maximum Gasteiger partial charge on any atom is 0.573 e. The predicted octanol–water partition coefficient (Wildman–Crippen LogP) is 4.54. The summed E-state index contributed by atoms with van der Waals surface area (Å²) in [7, 11) is 0. The van der Waals surface area contributed by atoms with E-state index in [0.717, 1.165) is 6.07 Å². The van der Waals surface area contributed by atoms with Gasteiger partial charge < -0.3 is 20.5 Å². The molecular formula is C17H18F4IN3O2. The van der Waals surface area contributed by atoms with E-state index in [4.69, 9.17) is 10.5 Å². The van der Waals surface area contributed by atoms with Gasteiger partial charge in [0.2, 0.25) is 0 Å². The number of para-hydroxylation sites is 2. The number of hydrogen-bond donors (Lipinski definition) is 2. The van der Waals surface area contributed by atoms with Gasteiger partial charge in [-0.25, -0.2) is 9.38 Å². The number of hydrogen-bond acceptors (Lipinski definition) is 3. The lowest BCUT2D eigenvalue weighted by atomic mass is 10.3. The van der Waals surface area contributed by atoms with Gasteiger partial charge in [-0.15, -0.1) is 37.1 Å². The largest absolute Gasteiger partial charge is 0.573 e. The topological polar surface area (TPSA) is 68.9 Å². The molecule has 0 fully saturated rings. The Bertz CT molecular complexity index is 755. The van der Waals surface area contributed by atoms with Gasteiger partial charge in [0.15, 0.2) is 11.7 Å². The number of guanidine groups is 1. The molecule has 27 heavy (non-hydrogen) atoms. The van der Waals surface area contributed by atoms with Crippen LogP contribution in [0.2, 0.25) is 0 Å². The third kappa shape index (κ3) is 8.33. The Kier molecular flexibility index (Phi) is 8.60. The van der Waals surface area contributed by atoms with E-state index in [1.165, 1.54) is 42.5 Å². The lowest BCUT2D eigenvalue weighted by Gasteiger charge is -2.15. The van der Waals surface area contributed by atoms with Crippen molar-refractivity contribution in [2.24, 2.45) is 10.7 Å². The van der Waals surface area contributed by atoms with Crippen LogP contribution in [0.1, 0.15) is 6.92 Å². The summed E-state index contributed by atoms with van der Waals surface area (Å²) >= 11 is 0. The summed E-state index contributed by atoms with van der Waals surface area (Å²) in [6.07, 6.45) is -5.20. The Morgan fingerprint density at radius 2 is 1.78 bits per heavy atom. The highest BCUT2D eigenvalue weighted by Crippen LogP contribution is 2.29. The molecule has 0 saturated carbocycles. The first-order chi connectivity index (χ1) is 12.2. The van der Waals surface area contributed by atoms with E-state index in [0.29, 0.717) is 5.75 Å². The average Bonchev–Trinajstić information content (AvgIpc) is 2.56. The van der Waals surface area contributed by atoms with E-state index >= 15 is 0 Å². The molecule has 0 aliphatic heterocycles. The lowest BCUT2D eigenvalue weighted by molar-refractivity contribution is -0.274. The van der Waals surface area contributed by atoms with E-state index in [2.05, 4.69) is 15.0 Å². The third-order valence-electron chi connectivity index (χ3n) is 3.05. The number of alkyl halides is 3. The van der Waals surface area contributed by atoms with Crippen LogP contribution in [0.15, 0.2) is 53.5 Å². The molecule has 3 N–H and O–H groups in total. The van der Waals surface area contributed by atoms with Crippen LogP contribution < -0.4 is 20.5 Å². The molecule has 2 rings (SSSR count). The second kappa shape index (κ2) is 10.2. The maximum absolute atomic E-state index is 12.8. The van der Waals surface area contributed by atoms with Gasteiger partial charge in [-0.2, -0.15) is 0 Å². The Balaban J connectivity index is 0.00000364. The lowest BCUT2D eigenvalue weighted by Crippen LogP contribution is -2.26. The molecule has 5 nitrogen and oxygen atoms in total. The molecule has 0 heterocycles. The van der Waals surface area contributed by atoms with Gasteiger partial charge in [0.1, 0.15) is 17.7 Å². The molecule has 10 heteroatoms. The van der Waals surface area contributed by atoms with Gasteiger partial charge in [0.25, 0.3) is 0 Å². The van der Waals surface area contributed by atoms with E-state index in [-0.39, 0.29) is 54.1 Å². The summed E-state index contributed by atoms with van der Waals surface area (Å²) in [5, 5.41) is 2.56. The van der Waals surface area contributed by atoms with Crippen molar-refractivity contribution >= 4 is 35.6 Å². The number of aliphatic imine (C=N–C) groups is 1. The van der Waals surface area contributed by atoms with E-state index in [1.54, 1.807) is 6.92 Å². The van der Waals surface area contributed by atoms with Gasteiger partial charge in [-0.1, -0.05) is 12.1 Å². The van der Waals surface area contributed by atoms with Crippen LogP contribution in [0.4, 0.5) is 23.2 Å². The molecule has 0 amide bonds. The Morgan fingerprint density at radius 1 is 1.15 bits per heavy atom. The number of halogens is 5. The summed E-state index contributed by atoms with van der Waals surface area (Å²) in [5.74, 6) is -0.438. The summed E-state index contributed by atoms with van der Waals surface area (Å²) in [5.41, 5.74) is 5.72. The van der Waals surface area contributed by atoms with E-state index in [1.807, 2.05) is 0 Å². The van der Waals surface area contributed by atoms with Crippen molar-refractivity contribution in [1.29, 1.82) is 0 Å². The van der Waals surface area contributed by atoms with Gasteiger partial charge in [0.05, 0.1) is 12.2 Å². The molecule has 0 aliphatic rings. The van der Waals surface area contributed by atoms with Gasteiger partial charge in [-0.3, -0.25) is 0 Å². The van der Waals surface area contributed by atoms with E-state index in [9.17, 15) is 17.6 Å². The molecule has 0 radical (unpaired) electrons. The number of nitrogens with one attached hydrogen (secondary N) is 1. The van der Waals surface area contributed by atoms with Crippen LogP contribution in [0.5, 0.6) is 11.5 Å². The molecule has 0 saturated heterocycles. The van der Waals surface area contributed by atoms with Crippen LogP contribution in [0.25, 0.3) is 0 Å². The van der Waals surface area contributed by atoms with Crippen LogP contribution in [-0.2, 0) is 0 Å². The van der Waals surface area contributed by atoms with Crippen molar-refractivity contribution in [3.63, 3.8) is 0 Å². The minimum atomic E-state index is -4.82. The fourth-order valence-corrected chi connectivity index (χ4v) is 1.97. The van der Waals surface area contributed by atoms with Crippen molar-refractivity contribution in [2.75, 3.05) is 11.9 Å². The highest BCUT2D eigenvalue weighted by Gasteiger charge is 2.32. The first kappa shape index (κ1) is 22.8. The minimum absolute atomic E-state index is 0. The smallest absolute Gasteiger partial charge is 0.489 e. The Hall–Kier alpha value is -2.24. The molecule has 148 valence electrons. The number of rotatable bonds is 6. The standard InChI is InChI=1S/C17H17F4N3O2.HI/c1-11(25-13-8-6-12(18)7-9-13)10-23-16(22)24-14-4-2-3-5-15(14)26-17(19,20)21;/h2-9,11H,10H2,1H3,(H3,22,23,24);1H. The summed E-state index contributed by atoms with van der Waals surface area (Å²) in [6.45, 7) is 1.86. The summed E-state index contributed by atoms with van der Waals surface area (Å²) in [4.78, 5) is 4.02. The first-order valence-electron chi connectivity index (χ1n) is 7.57. The quantitative estimate of drug-likeness (QED) is 0.265.